The Morgan fingerprint density at radius 2 is 1.87 bits per heavy atom. The minimum Gasteiger partial charge on any atom is -0.395 e. The van der Waals surface area contributed by atoms with Gasteiger partial charge in [-0.25, -0.2) is 19.3 Å². The molecule has 1 aliphatic carbocycles. The lowest BCUT2D eigenvalue weighted by molar-refractivity contribution is -0.231. The number of halogens is 1. The van der Waals surface area contributed by atoms with Gasteiger partial charge in [0, 0.05) is 24.3 Å². The quantitative estimate of drug-likeness (QED) is 0.351. The smallest absolute Gasteiger partial charge is 0.230 e. The van der Waals surface area contributed by atoms with Crippen LogP contribution in [0, 0.1) is 11.2 Å². The molecule has 3 aromatic rings. The zero-order valence-corrected chi connectivity index (χ0v) is 21.4. The number of aromatic nitrogens is 4. The van der Waals surface area contributed by atoms with Gasteiger partial charge in [-0.1, -0.05) is 19.3 Å². The van der Waals surface area contributed by atoms with Crippen LogP contribution in [-0.4, -0.2) is 63.4 Å². The average molecular weight is 525 g/mol. The lowest BCUT2D eigenvalue weighted by atomic mass is 9.91. The first-order chi connectivity index (χ1) is 18.4. The molecule has 1 saturated carbocycles. The van der Waals surface area contributed by atoms with E-state index in [1.165, 1.54) is 31.4 Å². The summed E-state index contributed by atoms with van der Waals surface area (Å²) in [6.45, 7) is 1.99. The van der Waals surface area contributed by atoms with E-state index in [9.17, 15) is 9.18 Å². The fourth-order valence-electron chi connectivity index (χ4n) is 4.78. The maximum atomic E-state index is 13.7. The van der Waals surface area contributed by atoms with Crippen LogP contribution in [0.2, 0.25) is 0 Å². The van der Waals surface area contributed by atoms with Gasteiger partial charge in [0.1, 0.15) is 5.82 Å². The maximum Gasteiger partial charge on any atom is 0.230 e. The van der Waals surface area contributed by atoms with E-state index in [-0.39, 0.29) is 38.1 Å². The molecule has 10 nitrogen and oxygen atoms in total. The van der Waals surface area contributed by atoms with E-state index in [4.69, 9.17) is 24.5 Å². The number of hydrogen-bond acceptors (Lipinski definition) is 8. The van der Waals surface area contributed by atoms with Crippen molar-refractivity contribution in [2.24, 2.45) is 5.41 Å². The number of benzene rings is 1. The second-order valence-corrected chi connectivity index (χ2v) is 10.1. The summed E-state index contributed by atoms with van der Waals surface area (Å²) in [5, 5.41) is 15.1. The molecule has 1 saturated heterocycles. The molecule has 0 spiro atoms. The van der Waals surface area contributed by atoms with E-state index < -0.39 is 11.7 Å². The van der Waals surface area contributed by atoms with Gasteiger partial charge in [-0.3, -0.25) is 4.79 Å². The standard InChI is InChI=1S/C27H33FN6O4/c1-27(25(36)29-13-14-35)15-37-24(38-16-27)23-33-21(17-7-9-18(28)10-8-17)22(34-23)20-11-12-30-26(32-20)31-19-5-3-2-4-6-19/h7-12,19,24,35H,2-6,13-16H2,1H3,(H,29,36)(H,33,34)(H,30,31,32). The maximum absolute atomic E-state index is 13.7. The van der Waals surface area contributed by atoms with E-state index in [2.05, 4.69) is 20.6 Å². The third-order valence-corrected chi connectivity index (χ3v) is 6.97. The van der Waals surface area contributed by atoms with Gasteiger partial charge in [-0.2, -0.15) is 0 Å². The highest BCUT2D eigenvalue weighted by Crippen LogP contribution is 2.35. The van der Waals surface area contributed by atoms with Crippen LogP contribution in [0.25, 0.3) is 22.6 Å². The number of imidazole rings is 1. The second kappa shape index (κ2) is 11.5. The fourth-order valence-corrected chi connectivity index (χ4v) is 4.78. The summed E-state index contributed by atoms with van der Waals surface area (Å²) in [4.78, 5) is 29.7. The van der Waals surface area contributed by atoms with Gasteiger partial charge in [-0.15, -0.1) is 0 Å². The Morgan fingerprint density at radius 3 is 2.58 bits per heavy atom. The highest BCUT2D eigenvalue weighted by molar-refractivity contribution is 5.82. The number of nitrogens with one attached hydrogen (secondary N) is 3. The molecule has 2 fully saturated rings. The van der Waals surface area contributed by atoms with E-state index in [0.29, 0.717) is 40.5 Å². The first-order valence-electron chi connectivity index (χ1n) is 13.0. The van der Waals surface area contributed by atoms with Crippen LogP contribution in [-0.2, 0) is 14.3 Å². The van der Waals surface area contributed by atoms with Crippen LogP contribution in [0.4, 0.5) is 10.3 Å². The molecule has 4 N–H and O–H groups in total. The Balaban J connectivity index is 1.41. The first kappa shape index (κ1) is 26.2. The molecule has 1 aromatic carbocycles. The summed E-state index contributed by atoms with van der Waals surface area (Å²) < 4.78 is 25.5. The van der Waals surface area contributed by atoms with Gasteiger partial charge in [-0.05, 0) is 50.1 Å². The molecule has 0 bridgehead atoms. The molecule has 38 heavy (non-hydrogen) atoms. The second-order valence-electron chi connectivity index (χ2n) is 10.1. The number of anilines is 1. The van der Waals surface area contributed by atoms with Crippen molar-refractivity contribution in [1.82, 2.24) is 25.3 Å². The average Bonchev–Trinajstić information content (AvgIpc) is 3.39. The summed E-state index contributed by atoms with van der Waals surface area (Å²) in [5.74, 6) is 0.365. The summed E-state index contributed by atoms with van der Waals surface area (Å²) >= 11 is 0. The molecule has 1 aliphatic heterocycles. The molecule has 5 rings (SSSR count). The molecule has 11 heteroatoms. The third kappa shape index (κ3) is 5.85. The Morgan fingerprint density at radius 1 is 1.13 bits per heavy atom. The number of ether oxygens (including phenoxy) is 2. The number of amides is 1. The highest BCUT2D eigenvalue weighted by Gasteiger charge is 2.40. The number of hydrogen-bond donors (Lipinski definition) is 4. The monoisotopic (exact) mass is 524 g/mol. The van der Waals surface area contributed by atoms with E-state index in [1.54, 1.807) is 31.3 Å². The van der Waals surface area contributed by atoms with Gasteiger partial charge >= 0.3 is 0 Å². The number of nitrogens with zero attached hydrogens (tertiary/aromatic N) is 3. The van der Waals surface area contributed by atoms with Crippen molar-refractivity contribution in [3.8, 4) is 22.6 Å². The number of aliphatic hydroxyl groups excluding tert-OH is 1. The van der Waals surface area contributed by atoms with Crippen LogP contribution >= 0.6 is 0 Å². The highest BCUT2D eigenvalue weighted by atomic mass is 19.1. The summed E-state index contributed by atoms with van der Waals surface area (Å²) in [7, 11) is 0. The van der Waals surface area contributed by atoms with Crippen LogP contribution < -0.4 is 10.6 Å². The van der Waals surface area contributed by atoms with Crippen molar-refractivity contribution >= 4 is 11.9 Å². The number of H-pyrrole nitrogens is 1. The lowest BCUT2D eigenvalue weighted by Crippen LogP contribution is -2.49. The van der Waals surface area contributed by atoms with Crippen LogP contribution in [0.3, 0.4) is 0 Å². The molecular formula is C27H33FN6O4. The molecule has 2 aromatic heterocycles. The Labute approximate surface area is 220 Å². The minimum atomic E-state index is -0.896. The SMILES string of the molecule is CC1(C(=O)NCCO)COC(c2nc(-c3ccc(F)cc3)c(-c3ccnc(NC4CCCCC4)n3)[nH]2)OC1. The number of aromatic amines is 1. The topological polar surface area (TPSA) is 134 Å². The Kier molecular flexibility index (Phi) is 7.96. The predicted octanol–water partition coefficient (Wildman–Crippen LogP) is 3.58. The van der Waals surface area contributed by atoms with Crippen LogP contribution in [0.1, 0.15) is 51.1 Å². The zero-order valence-electron chi connectivity index (χ0n) is 21.4. The van der Waals surface area contributed by atoms with Gasteiger partial charge in [0.2, 0.25) is 18.1 Å². The van der Waals surface area contributed by atoms with Gasteiger partial charge < -0.3 is 30.2 Å². The Hall–Kier alpha value is -3.41. The minimum absolute atomic E-state index is 0.111. The third-order valence-electron chi connectivity index (χ3n) is 6.97. The van der Waals surface area contributed by atoms with Gasteiger partial charge in [0.15, 0.2) is 5.82 Å². The normalized spacial score (nSPS) is 22.2. The number of carbonyl (C=O) groups excluding carboxylic acids is 1. The number of carbonyl (C=O) groups is 1. The van der Waals surface area contributed by atoms with Crippen molar-refractivity contribution in [1.29, 1.82) is 0 Å². The zero-order chi connectivity index (χ0) is 26.5. The fraction of sp³-hybridized carbons (Fsp3) is 0.481. The molecule has 3 heterocycles. The molecule has 0 radical (unpaired) electrons. The molecular weight excluding hydrogens is 491 g/mol. The Bertz CT molecular complexity index is 1240. The van der Waals surface area contributed by atoms with Crippen molar-refractivity contribution in [3.05, 3.63) is 48.2 Å². The lowest BCUT2D eigenvalue weighted by Gasteiger charge is -2.35. The van der Waals surface area contributed by atoms with E-state index in [1.807, 2.05) is 0 Å². The largest absolute Gasteiger partial charge is 0.395 e. The van der Waals surface area contributed by atoms with E-state index >= 15 is 0 Å². The van der Waals surface area contributed by atoms with Crippen molar-refractivity contribution < 1.29 is 23.8 Å². The number of aliphatic hydroxyl groups is 1. The summed E-state index contributed by atoms with van der Waals surface area (Å²) in [5.41, 5.74) is 1.63. The molecule has 1 amide bonds. The van der Waals surface area contributed by atoms with E-state index in [0.717, 1.165) is 12.8 Å². The summed E-state index contributed by atoms with van der Waals surface area (Å²) in [6, 6.07) is 8.22. The number of rotatable bonds is 8. The van der Waals surface area contributed by atoms with Crippen molar-refractivity contribution in [3.63, 3.8) is 0 Å². The summed E-state index contributed by atoms with van der Waals surface area (Å²) in [6.07, 6.45) is 6.70. The molecule has 0 atom stereocenters. The van der Waals surface area contributed by atoms with Crippen LogP contribution in [0.5, 0.6) is 0 Å². The first-order valence-corrected chi connectivity index (χ1v) is 13.0. The van der Waals surface area contributed by atoms with Gasteiger partial charge in [0.25, 0.3) is 0 Å². The van der Waals surface area contributed by atoms with Gasteiger partial charge in [0.05, 0.1) is 42.3 Å². The van der Waals surface area contributed by atoms with Crippen molar-refractivity contribution in [2.75, 3.05) is 31.7 Å². The molecule has 2 aliphatic rings. The van der Waals surface area contributed by atoms with Crippen LogP contribution in [0.15, 0.2) is 36.5 Å². The molecule has 202 valence electrons. The van der Waals surface area contributed by atoms with Crippen molar-refractivity contribution in [2.45, 2.75) is 51.4 Å². The molecule has 0 unspecified atom stereocenters. The predicted molar refractivity (Wildman–Crippen MR) is 138 cm³/mol.